The minimum Gasteiger partial charge on any atom is -0.327 e. The first-order valence-electron chi connectivity index (χ1n) is 6.44. The third kappa shape index (κ3) is 3.35. The summed E-state index contributed by atoms with van der Waals surface area (Å²) in [4.78, 5) is 4.34. The van der Waals surface area contributed by atoms with Gasteiger partial charge in [0.05, 0.1) is 5.02 Å². The van der Waals surface area contributed by atoms with Crippen LogP contribution in [0.15, 0.2) is 53.3 Å². The molecule has 0 aliphatic heterocycles. The van der Waals surface area contributed by atoms with Gasteiger partial charge >= 0.3 is 0 Å². The minimum atomic E-state index is -0.285. The maximum Gasteiger partial charge on any atom is 0.141 e. The van der Waals surface area contributed by atoms with E-state index in [0.29, 0.717) is 26.9 Å². The van der Waals surface area contributed by atoms with E-state index >= 15 is 0 Å². The van der Waals surface area contributed by atoms with E-state index in [-0.39, 0.29) is 5.82 Å². The van der Waals surface area contributed by atoms with Crippen LogP contribution in [0.1, 0.15) is 5.56 Å². The van der Waals surface area contributed by atoms with Gasteiger partial charge in [-0.2, -0.15) is 0 Å². The van der Waals surface area contributed by atoms with Crippen LogP contribution >= 0.6 is 39.1 Å². The predicted molar refractivity (Wildman–Crippen MR) is 90.9 cm³/mol. The zero-order valence-corrected chi connectivity index (χ0v) is 14.3. The first-order valence-corrected chi connectivity index (χ1v) is 7.99. The number of hydrogen-bond donors (Lipinski definition) is 0. The molecular formula is C16H10BrCl2FN2. The van der Waals surface area contributed by atoms with Crippen LogP contribution in [0.3, 0.4) is 0 Å². The van der Waals surface area contributed by atoms with Gasteiger partial charge in [0.15, 0.2) is 0 Å². The molecule has 0 atom stereocenters. The van der Waals surface area contributed by atoms with Crippen LogP contribution < -0.4 is 0 Å². The largest absolute Gasteiger partial charge is 0.327 e. The van der Waals surface area contributed by atoms with Gasteiger partial charge in [-0.25, -0.2) is 9.37 Å². The van der Waals surface area contributed by atoms with Gasteiger partial charge in [-0.05, 0) is 42.0 Å². The summed E-state index contributed by atoms with van der Waals surface area (Å²) in [5.41, 5.74) is 1.57. The van der Waals surface area contributed by atoms with Crippen molar-refractivity contribution in [3.05, 3.63) is 74.7 Å². The topological polar surface area (TPSA) is 17.8 Å². The second kappa shape index (κ2) is 6.41. The Bertz CT molecular complexity index is 813. The molecular weight excluding hydrogens is 390 g/mol. The Balaban J connectivity index is 2.00. The Morgan fingerprint density at radius 3 is 2.73 bits per heavy atom. The molecule has 112 valence electrons. The lowest BCUT2D eigenvalue weighted by Crippen LogP contribution is -2.02. The molecule has 0 saturated heterocycles. The van der Waals surface area contributed by atoms with Crippen molar-refractivity contribution in [2.45, 2.75) is 6.54 Å². The highest BCUT2D eigenvalue weighted by atomic mass is 79.9. The molecule has 1 heterocycles. The molecule has 22 heavy (non-hydrogen) atoms. The Hall–Kier alpha value is -1.36. The average Bonchev–Trinajstić information content (AvgIpc) is 2.88. The van der Waals surface area contributed by atoms with Gasteiger partial charge < -0.3 is 4.57 Å². The standard InChI is InChI=1S/C16H10BrCl2FN2/c17-11-5-10(6-13(20)7-11)9-22-4-3-21-16(22)14-8-12(18)1-2-15(14)19/h1-8H,9H2. The highest BCUT2D eigenvalue weighted by Crippen LogP contribution is 2.30. The number of aromatic nitrogens is 2. The third-order valence-corrected chi connectivity index (χ3v) is 4.18. The highest BCUT2D eigenvalue weighted by Gasteiger charge is 2.11. The van der Waals surface area contributed by atoms with Crippen LogP contribution in [0.2, 0.25) is 10.0 Å². The summed E-state index contributed by atoms with van der Waals surface area (Å²) < 4.78 is 16.1. The van der Waals surface area contributed by atoms with Crippen molar-refractivity contribution < 1.29 is 4.39 Å². The molecule has 0 unspecified atom stereocenters. The van der Waals surface area contributed by atoms with Gasteiger partial charge in [-0.15, -0.1) is 0 Å². The maximum absolute atomic E-state index is 13.5. The zero-order valence-electron chi connectivity index (χ0n) is 11.2. The quantitative estimate of drug-likeness (QED) is 0.543. The van der Waals surface area contributed by atoms with E-state index in [1.54, 1.807) is 24.4 Å². The number of nitrogens with zero attached hydrogens (tertiary/aromatic N) is 2. The van der Waals surface area contributed by atoms with Crippen LogP contribution in [-0.2, 0) is 6.54 Å². The van der Waals surface area contributed by atoms with E-state index in [2.05, 4.69) is 20.9 Å². The lowest BCUT2D eigenvalue weighted by molar-refractivity contribution is 0.622. The zero-order chi connectivity index (χ0) is 15.7. The van der Waals surface area contributed by atoms with Crippen molar-refractivity contribution in [3.63, 3.8) is 0 Å². The monoisotopic (exact) mass is 398 g/mol. The van der Waals surface area contributed by atoms with Crippen LogP contribution in [-0.4, -0.2) is 9.55 Å². The molecule has 2 aromatic carbocycles. The minimum absolute atomic E-state index is 0.285. The van der Waals surface area contributed by atoms with E-state index in [4.69, 9.17) is 23.2 Å². The van der Waals surface area contributed by atoms with E-state index in [1.165, 1.54) is 12.1 Å². The Labute approximate surface area is 145 Å². The van der Waals surface area contributed by atoms with E-state index in [1.807, 2.05) is 16.8 Å². The lowest BCUT2D eigenvalue weighted by Gasteiger charge is -2.10. The molecule has 0 bridgehead atoms. The van der Waals surface area contributed by atoms with Crippen LogP contribution in [0.25, 0.3) is 11.4 Å². The molecule has 0 saturated carbocycles. The molecule has 2 nitrogen and oxygen atoms in total. The fourth-order valence-corrected chi connectivity index (χ4v) is 3.14. The van der Waals surface area contributed by atoms with Gasteiger partial charge in [0.25, 0.3) is 0 Å². The Kier molecular flexibility index (Phi) is 4.52. The van der Waals surface area contributed by atoms with Crippen molar-refractivity contribution in [1.29, 1.82) is 0 Å². The van der Waals surface area contributed by atoms with Gasteiger partial charge in [0.2, 0.25) is 0 Å². The molecule has 0 aliphatic rings. The summed E-state index contributed by atoms with van der Waals surface area (Å²) in [7, 11) is 0. The third-order valence-electron chi connectivity index (χ3n) is 3.16. The number of rotatable bonds is 3. The number of benzene rings is 2. The molecule has 0 spiro atoms. The first kappa shape index (κ1) is 15.5. The average molecular weight is 400 g/mol. The Morgan fingerprint density at radius 2 is 1.95 bits per heavy atom. The Morgan fingerprint density at radius 1 is 1.14 bits per heavy atom. The normalized spacial score (nSPS) is 10.9. The summed E-state index contributed by atoms with van der Waals surface area (Å²) in [6, 6.07) is 10.0. The number of imidazole rings is 1. The molecule has 3 rings (SSSR count). The molecule has 0 aliphatic carbocycles. The summed E-state index contributed by atoms with van der Waals surface area (Å²) in [6.45, 7) is 0.481. The van der Waals surface area contributed by atoms with E-state index in [0.717, 1.165) is 11.1 Å². The fourth-order valence-electron chi connectivity index (χ4n) is 2.25. The second-order valence-electron chi connectivity index (χ2n) is 4.78. The molecule has 1 aromatic heterocycles. The highest BCUT2D eigenvalue weighted by molar-refractivity contribution is 9.10. The van der Waals surface area contributed by atoms with Crippen molar-refractivity contribution in [3.8, 4) is 11.4 Å². The molecule has 0 N–H and O–H groups in total. The van der Waals surface area contributed by atoms with Crippen LogP contribution in [0, 0.1) is 5.82 Å². The van der Waals surface area contributed by atoms with Gasteiger partial charge in [0, 0.05) is 34.0 Å². The smallest absolute Gasteiger partial charge is 0.141 e. The second-order valence-corrected chi connectivity index (χ2v) is 6.54. The van der Waals surface area contributed by atoms with Gasteiger partial charge in [0.1, 0.15) is 11.6 Å². The van der Waals surface area contributed by atoms with E-state index < -0.39 is 0 Å². The molecule has 0 radical (unpaired) electrons. The van der Waals surface area contributed by atoms with E-state index in [9.17, 15) is 4.39 Å². The molecule has 6 heteroatoms. The lowest BCUT2D eigenvalue weighted by atomic mass is 10.2. The van der Waals surface area contributed by atoms with Crippen molar-refractivity contribution >= 4 is 39.1 Å². The first-order chi connectivity index (χ1) is 10.5. The van der Waals surface area contributed by atoms with Gasteiger partial charge in [-0.3, -0.25) is 0 Å². The maximum atomic E-state index is 13.5. The summed E-state index contributed by atoms with van der Waals surface area (Å²) in [5, 5.41) is 1.15. The number of halogens is 4. The number of hydrogen-bond acceptors (Lipinski definition) is 1. The van der Waals surface area contributed by atoms with Crippen LogP contribution in [0.5, 0.6) is 0 Å². The molecule has 0 fully saturated rings. The van der Waals surface area contributed by atoms with Gasteiger partial charge in [-0.1, -0.05) is 39.1 Å². The molecule has 3 aromatic rings. The molecule has 0 amide bonds. The SMILES string of the molecule is Fc1cc(Br)cc(Cn2ccnc2-c2cc(Cl)ccc2Cl)c1. The van der Waals surface area contributed by atoms with Crippen molar-refractivity contribution in [2.75, 3.05) is 0 Å². The summed E-state index contributed by atoms with van der Waals surface area (Å²) in [6.07, 6.45) is 3.51. The summed E-state index contributed by atoms with van der Waals surface area (Å²) >= 11 is 15.6. The predicted octanol–water partition coefficient (Wildman–Crippen LogP) is 5.81. The van der Waals surface area contributed by atoms with Crippen LogP contribution in [0.4, 0.5) is 4.39 Å². The summed E-state index contributed by atoms with van der Waals surface area (Å²) in [5.74, 6) is 0.403. The van der Waals surface area contributed by atoms with Crippen molar-refractivity contribution in [1.82, 2.24) is 9.55 Å². The fraction of sp³-hybridized carbons (Fsp3) is 0.0625. The van der Waals surface area contributed by atoms with Crippen molar-refractivity contribution in [2.24, 2.45) is 0 Å².